The number of para-hydroxylation sites is 2. The number of carbonyl (C=O) groups is 1. The van der Waals surface area contributed by atoms with Crippen LogP contribution in [0, 0.1) is 0 Å². The van der Waals surface area contributed by atoms with Crippen LogP contribution in [0.25, 0.3) is 0 Å². The van der Waals surface area contributed by atoms with Crippen LogP contribution < -0.4 is 21.1 Å². The van der Waals surface area contributed by atoms with Gasteiger partial charge < -0.3 is 16.2 Å². The third-order valence-corrected chi connectivity index (χ3v) is 3.27. The Morgan fingerprint density at radius 1 is 1.10 bits per heavy atom. The lowest BCUT2D eigenvalue weighted by molar-refractivity contribution is -0.124. The molecular weight excluding hydrogens is 254 g/mol. The van der Waals surface area contributed by atoms with Crippen molar-refractivity contribution in [2.24, 2.45) is 0 Å². The highest BCUT2D eigenvalue weighted by Crippen LogP contribution is 2.41. The summed E-state index contributed by atoms with van der Waals surface area (Å²) in [6.07, 6.45) is -0.564. The van der Waals surface area contributed by atoms with Crippen LogP contribution in [0.15, 0.2) is 42.5 Å². The fourth-order valence-corrected chi connectivity index (χ4v) is 2.29. The molecule has 0 radical (unpaired) electrons. The van der Waals surface area contributed by atoms with E-state index >= 15 is 0 Å². The number of rotatable bonds is 1. The second-order valence-electron chi connectivity index (χ2n) is 4.72. The second kappa shape index (κ2) is 4.45. The maximum Gasteiger partial charge on any atom is 0.272 e. The molecule has 20 heavy (non-hydrogen) atoms. The van der Waals surface area contributed by atoms with Gasteiger partial charge in [0.1, 0.15) is 5.75 Å². The van der Waals surface area contributed by atoms with E-state index in [1.807, 2.05) is 12.1 Å². The van der Waals surface area contributed by atoms with Gasteiger partial charge in [-0.1, -0.05) is 12.1 Å². The summed E-state index contributed by atoms with van der Waals surface area (Å²) >= 11 is 0. The summed E-state index contributed by atoms with van der Waals surface area (Å²) in [5.41, 5.74) is 14.2. The number of hydrogen-bond acceptors (Lipinski definition) is 4. The predicted molar refractivity (Wildman–Crippen MR) is 78.9 cm³/mol. The minimum Gasteiger partial charge on any atom is -0.479 e. The number of carbonyl (C=O) groups excluding carboxylic acids is 1. The average Bonchev–Trinajstić information content (AvgIpc) is 2.42. The Labute approximate surface area is 116 Å². The molecule has 0 aromatic heterocycles. The first-order chi connectivity index (χ1) is 9.58. The molecule has 2 aromatic rings. The van der Waals surface area contributed by atoms with Crippen molar-refractivity contribution in [3.8, 4) is 5.75 Å². The van der Waals surface area contributed by atoms with Crippen molar-refractivity contribution < 1.29 is 9.53 Å². The molecule has 1 unspecified atom stereocenters. The maximum atomic E-state index is 12.5. The Bertz CT molecular complexity index is 685. The second-order valence-corrected chi connectivity index (χ2v) is 4.72. The van der Waals surface area contributed by atoms with E-state index in [1.54, 1.807) is 42.2 Å². The molecule has 5 heteroatoms. The van der Waals surface area contributed by atoms with Crippen molar-refractivity contribution >= 4 is 28.7 Å². The molecule has 0 saturated carbocycles. The molecule has 1 atom stereocenters. The fraction of sp³-hybridized carbons (Fsp3) is 0.133. The van der Waals surface area contributed by atoms with Gasteiger partial charge in [-0.05, 0) is 37.3 Å². The number of ether oxygens (including phenoxy) is 1. The zero-order chi connectivity index (χ0) is 14.3. The van der Waals surface area contributed by atoms with Crippen LogP contribution in [0.1, 0.15) is 6.92 Å². The van der Waals surface area contributed by atoms with E-state index in [4.69, 9.17) is 16.2 Å². The lowest BCUT2D eigenvalue weighted by Crippen LogP contribution is -2.41. The normalized spacial score (nSPS) is 17.6. The summed E-state index contributed by atoms with van der Waals surface area (Å²) in [7, 11) is 0. The lowest BCUT2D eigenvalue weighted by atomic mass is 10.1. The first kappa shape index (κ1) is 12.3. The van der Waals surface area contributed by atoms with Crippen LogP contribution in [-0.2, 0) is 4.79 Å². The Morgan fingerprint density at radius 2 is 1.85 bits per heavy atom. The van der Waals surface area contributed by atoms with Gasteiger partial charge in [0.2, 0.25) is 0 Å². The summed E-state index contributed by atoms with van der Waals surface area (Å²) in [5, 5.41) is 0. The number of nitrogens with two attached hydrogens (primary N) is 2. The van der Waals surface area contributed by atoms with Gasteiger partial charge in [-0.3, -0.25) is 9.69 Å². The summed E-state index contributed by atoms with van der Waals surface area (Å²) in [4.78, 5) is 14.0. The molecule has 1 aliphatic heterocycles. The van der Waals surface area contributed by atoms with Crippen LogP contribution in [0.5, 0.6) is 5.75 Å². The van der Waals surface area contributed by atoms with Gasteiger partial charge in [0.05, 0.1) is 17.1 Å². The Morgan fingerprint density at radius 3 is 2.60 bits per heavy atom. The van der Waals surface area contributed by atoms with Crippen molar-refractivity contribution in [3.63, 3.8) is 0 Å². The molecule has 0 aliphatic carbocycles. The smallest absolute Gasteiger partial charge is 0.272 e. The third kappa shape index (κ3) is 1.84. The highest BCUT2D eigenvalue weighted by Gasteiger charge is 2.33. The minimum atomic E-state index is -0.564. The van der Waals surface area contributed by atoms with E-state index < -0.39 is 6.10 Å². The quantitative estimate of drug-likeness (QED) is 0.778. The van der Waals surface area contributed by atoms with E-state index in [0.29, 0.717) is 28.5 Å². The molecule has 0 saturated heterocycles. The number of nitrogen functional groups attached to an aromatic ring is 2. The predicted octanol–water partition coefficient (Wildman–Crippen LogP) is 2.30. The van der Waals surface area contributed by atoms with Crippen molar-refractivity contribution in [1.82, 2.24) is 0 Å². The van der Waals surface area contributed by atoms with Gasteiger partial charge in [-0.15, -0.1) is 0 Å². The van der Waals surface area contributed by atoms with Crippen LogP contribution in [-0.4, -0.2) is 12.0 Å². The molecule has 4 N–H and O–H groups in total. The monoisotopic (exact) mass is 269 g/mol. The summed E-state index contributed by atoms with van der Waals surface area (Å²) in [6, 6.07) is 12.4. The SMILES string of the molecule is CC1Oc2ccc(N)cc2N(c2ccccc2N)C1=O. The summed E-state index contributed by atoms with van der Waals surface area (Å²) < 4.78 is 5.60. The molecular formula is C15H15N3O2. The van der Waals surface area contributed by atoms with E-state index in [2.05, 4.69) is 0 Å². The van der Waals surface area contributed by atoms with Crippen LogP contribution in [0.4, 0.5) is 22.7 Å². The van der Waals surface area contributed by atoms with Crippen LogP contribution >= 0.6 is 0 Å². The van der Waals surface area contributed by atoms with Gasteiger partial charge in [0.15, 0.2) is 6.10 Å². The third-order valence-electron chi connectivity index (χ3n) is 3.27. The lowest BCUT2D eigenvalue weighted by Gasteiger charge is -2.33. The van der Waals surface area contributed by atoms with E-state index in [0.717, 1.165) is 0 Å². The number of benzene rings is 2. The number of anilines is 4. The number of fused-ring (bicyclic) bond motifs is 1. The highest BCUT2D eigenvalue weighted by molar-refractivity contribution is 6.08. The number of hydrogen-bond donors (Lipinski definition) is 2. The fourth-order valence-electron chi connectivity index (χ4n) is 2.29. The molecule has 3 rings (SSSR count). The van der Waals surface area contributed by atoms with Gasteiger partial charge in [0, 0.05) is 5.69 Å². The van der Waals surface area contributed by atoms with Gasteiger partial charge in [0.25, 0.3) is 5.91 Å². The van der Waals surface area contributed by atoms with Crippen LogP contribution in [0.2, 0.25) is 0 Å². The largest absolute Gasteiger partial charge is 0.479 e. The zero-order valence-corrected chi connectivity index (χ0v) is 11.0. The summed E-state index contributed by atoms with van der Waals surface area (Å²) in [6.45, 7) is 1.72. The van der Waals surface area contributed by atoms with E-state index in [-0.39, 0.29) is 5.91 Å². The molecule has 1 heterocycles. The zero-order valence-electron chi connectivity index (χ0n) is 11.0. The first-order valence-electron chi connectivity index (χ1n) is 6.32. The van der Waals surface area contributed by atoms with Gasteiger partial charge >= 0.3 is 0 Å². The first-order valence-corrected chi connectivity index (χ1v) is 6.32. The van der Waals surface area contributed by atoms with Crippen molar-refractivity contribution in [3.05, 3.63) is 42.5 Å². The number of amides is 1. The average molecular weight is 269 g/mol. The van der Waals surface area contributed by atoms with Crippen molar-refractivity contribution in [1.29, 1.82) is 0 Å². The molecule has 102 valence electrons. The summed E-state index contributed by atoms with van der Waals surface area (Å²) in [5.74, 6) is 0.454. The topological polar surface area (TPSA) is 81.6 Å². The van der Waals surface area contributed by atoms with E-state index in [1.165, 1.54) is 0 Å². The molecule has 0 spiro atoms. The van der Waals surface area contributed by atoms with Crippen molar-refractivity contribution in [2.45, 2.75) is 13.0 Å². The van der Waals surface area contributed by atoms with Gasteiger partial charge in [-0.2, -0.15) is 0 Å². The molecule has 5 nitrogen and oxygen atoms in total. The van der Waals surface area contributed by atoms with Gasteiger partial charge in [-0.25, -0.2) is 0 Å². The molecule has 1 aliphatic rings. The molecule has 1 amide bonds. The maximum absolute atomic E-state index is 12.5. The van der Waals surface area contributed by atoms with Crippen molar-refractivity contribution in [2.75, 3.05) is 16.4 Å². The molecule has 0 bridgehead atoms. The van der Waals surface area contributed by atoms with E-state index in [9.17, 15) is 4.79 Å². The minimum absolute atomic E-state index is 0.166. The van der Waals surface area contributed by atoms with Crippen LogP contribution in [0.3, 0.4) is 0 Å². The molecule has 0 fully saturated rings. The highest BCUT2D eigenvalue weighted by atomic mass is 16.5. The molecule has 2 aromatic carbocycles. The Balaban J connectivity index is 2.21. The Hall–Kier alpha value is -2.69. The standard InChI is InChI=1S/C15H15N3O2/c1-9-15(19)18(12-5-3-2-4-11(12)17)13-8-10(16)6-7-14(13)20-9/h2-9H,16-17H2,1H3. The Kier molecular flexibility index (Phi) is 2.75. The number of nitrogens with zero attached hydrogens (tertiary/aromatic N) is 1.